The summed E-state index contributed by atoms with van der Waals surface area (Å²) < 4.78 is 4.50. The van der Waals surface area contributed by atoms with Crippen molar-refractivity contribution < 1.29 is 0 Å². The van der Waals surface area contributed by atoms with E-state index in [1.54, 1.807) is 0 Å². The van der Waals surface area contributed by atoms with Crippen LogP contribution >= 0.6 is 0 Å². The number of aromatic nitrogens is 4. The van der Waals surface area contributed by atoms with Crippen LogP contribution in [-0.2, 0) is 0 Å². The highest BCUT2D eigenvalue weighted by molar-refractivity contribution is 5.98. The number of hydrogen-bond donors (Lipinski definition) is 0. The lowest BCUT2D eigenvalue weighted by molar-refractivity contribution is 1.01. The molecule has 3 aromatic heterocycles. The number of para-hydroxylation sites is 2. The molecular formula is C54H38N4. The molecule has 1 aliphatic carbocycles. The summed E-state index contributed by atoms with van der Waals surface area (Å²) in [6.45, 7) is 0. The number of allylic oxidation sites excluding steroid dienone is 4. The van der Waals surface area contributed by atoms with E-state index in [0.29, 0.717) is 0 Å². The maximum Gasteiger partial charge on any atom is 0.145 e. The molecule has 11 rings (SSSR count). The molecule has 0 fully saturated rings. The van der Waals surface area contributed by atoms with E-state index in [-0.39, 0.29) is 0 Å². The maximum atomic E-state index is 5.15. The molecule has 7 aromatic carbocycles. The molecule has 0 saturated heterocycles. The first-order chi connectivity index (χ1) is 28.7. The molecule has 0 spiro atoms. The van der Waals surface area contributed by atoms with Crippen molar-refractivity contribution in [2.24, 2.45) is 0 Å². The molecule has 0 bridgehead atoms. The highest BCUT2D eigenvalue weighted by Gasteiger charge is 2.19. The highest BCUT2D eigenvalue weighted by atomic mass is 15.1. The molecule has 10 aromatic rings. The molecule has 1 aliphatic rings. The average Bonchev–Trinajstić information content (AvgIpc) is 3.89. The molecule has 0 unspecified atom stereocenters. The van der Waals surface area contributed by atoms with Crippen molar-refractivity contribution in [2.75, 3.05) is 0 Å². The number of rotatable bonds is 7. The summed E-state index contributed by atoms with van der Waals surface area (Å²) in [6, 6.07) is 65.3. The first kappa shape index (κ1) is 33.8. The SMILES string of the molecule is C1=CC(c2nc3ccccc3n2-c2cccc(-c3cc(-c4ccc(-c5nc6ccccn6c5-c5ccccc5)cc4)cc(-c4cccc5ccccc45)c3)c2)=CCC1. The fraction of sp³-hybridized carbons (Fsp3) is 0.0370. The van der Waals surface area contributed by atoms with Gasteiger partial charge in [0.2, 0.25) is 0 Å². The topological polar surface area (TPSA) is 35.1 Å². The zero-order chi connectivity index (χ0) is 38.4. The lowest BCUT2D eigenvalue weighted by Crippen LogP contribution is -2.01. The normalized spacial score (nSPS) is 12.7. The number of nitrogens with zero attached hydrogens (tertiary/aromatic N) is 4. The average molecular weight is 743 g/mol. The summed E-state index contributed by atoms with van der Waals surface area (Å²) in [5, 5.41) is 2.46. The monoisotopic (exact) mass is 742 g/mol. The fourth-order valence-electron chi connectivity index (χ4n) is 8.57. The molecule has 0 atom stereocenters. The Balaban J connectivity index is 1.06. The van der Waals surface area contributed by atoms with E-state index in [4.69, 9.17) is 9.97 Å². The van der Waals surface area contributed by atoms with Gasteiger partial charge in [0.1, 0.15) is 11.5 Å². The number of benzene rings is 7. The van der Waals surface area contributed by atoms with Gasteiger partial charge in [0.15, 0.2) is 0 Å². The van der Waals surface area contributed by atoms with Crippen LogP contribution in [0.2, 0.25) is 0 Å². The Kier molecular flexibility index (Phi) is 8.25. The minimum Gasteiger partial charge on any atom is -0.299 e. The van der Waals surface area contributed by atoms with Gasteiger partial charge in [-0.15, -0.1) is 0 Å². The Bertz CT molecular complexity index is 3210. The third-order valence-electron chi connectivity index (χ3n) is 11.4. The Hall–Kier alpha value is -7.56. The predicted octanol–water partition coefficient (Wildman–Crippen LogP) is 13.9. The molecule has 0 N–H and O–H groups in total. The summed E-state index contributed by atoms with van der Waals surface area (Å²) in [5.74, 6) is 0.973. The standard InChI is InChI=1S/C54H38N4/c1-3-16-40(17-4-1)53-52(56-51-27-11-12-32-57(51)53)39-30-28-37(29-31-39)43-33-44(35-45(34-43)48-24-14-20-38-15-7-8-23-47(38)48)42-21-13-22-46(36-42)58-50-26-10-9-25-49(50)55-54(58)41-18-5-2-6-19-41/h1,3-5,7-36H,2,6H2. The summed E-state index contributed by atoms with van der Waals surface area (Å²) in [5.41, 5.74) is 16.5. The smallest absolute Gasteiger partial charge is 0.145 e. The first-order valence-corrected chi connectivity index (χ1v) is 20.0. The van der Waals surface area contributed by atoms with Gasteiger partial charge >= 0.3 is 0 Å². The van der Waals surface area contributed by atoms with Crippen molar-refractivity contribution in [2.45, 2.75) is 12.8 Å². The Labute approximate surface area is 337 Å². The quantitative estimate of drug-likeness (QED) is 0.163. The number of fused-ring (bicyclic) bond motifs is 3. The number of pyridine rings is 1. The molecule has 0 amide bonds. The van der Waals surface area contributed by atoms with Crippen LogP contribution in [0.3, 0.4) is 0 Å². The molecule has 0 radical (unpaired) electrons. The lowest BCUT2D eigenvalue weighted by atomic mass is 9.91. The molecule has 58 heavy (non-hydrogen) atoms. The zero-order valence-corrected chi connectivity index (χ0v) is 31.8. The molecule has 4 nitrogen and oxygen atoms in total. The van der Waals surface area contributed by atoms with Gasteiger partial charge in [0, 0.05) is 28.6 Å². The van der Waals surface area contributed by atoms with Crippen LogP contribution in [0.4, 0.5) is 0 Å². The minimum absolute atomic E-state index is 0.929. The Morgan fingerprint density at radius 3 is 2.09 bits per heavy atom. The van der Waals surface area contributed by atoms with E-state index in [1.807, 2.05) is 6.07 Å². The third kappa shape index (κ3) is 5.94. The predicted molar refractivity (Wildman–Crippen MR) is 241 cm³/mol. The number of hydrogen-bond acceptors (Lipinski definition) is 2. The summed E-state index contributed by atoms with van der Waals surface area (Å²) in [7, 11) is 0. The zero-order valence-electron chi connectivity index (χ0n) is 31.8. The van der Waals surface area contributed by atoms with Gasteiger partial charge in [-0.25, -0.2) is 9.97 Å². The molecule has 0 aliphatic heterocycles. The van der Waals surface area contributed by atoms with Crippen LogP contribution in [0, 0.1) is 0 Å². The highest BCUT2D eigenvalue weighted by Crippen LogP contribution is 2.39. The second-order valence-electron chi connectivity index (χ2n) is 15.0. The van der Waals surface area contributed by atoms with Crippen molar-refractivity contribution in [3.05, 3.63) is 212 Å². The van der Waals surface area contributed by atoms with E-state index in [1.165, 1.54) is 21.9 Å². The summed E-state index contributed by atoms with van der Waals surface area (Å²) in [4.78, 5) is 10.3. The van der Waals surface area contributed by atoms with E-state index in [9.17, 15) is 0 Å². The van der Waals surface area contributed by atoms with Crippen molar-refractivity contribution >= 4 is 33.0 Å². The van der Waals surface area contributed by atoms with Crippen LogP contribution < -0.4 is 0 Å². The van der Waals surface area contributed by atoms with Crippen molar-refractivity contribution in [3.63, 3.8) is 0 Å². The third-order valence-corrected chi connectivity index (χ3v) is 11.4. The van der Waals surface area contributed by atoms with Gasteiger partial charge in [-0.3, -0.25) is 8.97 Å². The molecule has 0 saturated carbocycles. The van der Waals surface area contributed by atoms with Gasteiger partial charge < -0.3 is 0 Å². The van der Waals surface area contributed by atoms with E-state index in [2.05, 4.69) is 209 Å². The van der Waals surface area contributed by atoms with E-state index < -0.39 is 0 Å². The molecular weight excluding hydrogens is 705 g/mol. The van der Waals surface area contributed by atoms with Crippen molar-refractivity contribution in [3.8, 4) is 61.6 Å². The second kappa shape index (κ2) is 14.2. The van der Waals surface area contributed by atoms with Crippen LogP contribution in [-0.4, -0.2) is 18.9 Å². The number of imidazole rings is 2. The summed E-state index contributed by atoms with van der Waals surface area (Å²) >= 11 is 0. The van der Waals surface area contributed by atoms with E-state index >= 15 is 0 Å². The van der Waals surface area contributed by atoms with Crippen molar-refractivity contribution in [1.82, 2.24) is 18.9 Å². The minimum atomic E-state index is 0.929. The Morgan fingerprint density at radius 1 is 0.483 bits per heavy atom. The van der Waals surface area contributed by atoms with Crippen LogP contribution in [0.25, 0.3) is 94.6 Å². The lowest BCUT2D eigenvalue weighted by Gasteiger charge is -2.15. The van der Waals surface area contributed by atoms with Crippen LogP contribution in [0.1, 0.15) is 18.7 Å². The second-order valence-corrected chi connectivity index (χ2v) is 15.0. The van der Waals surface area contributed by atoms with Gasteiger partial charge in [-0.05, 0) is 112 Å². The van der Waals surface area contributed by atoms with Gasteiger partial charge in [0.05, 0.1) is 22.4 Å². The van der Waals surface area contributed by atoms with Gasteiger partial charge in [-0.1, -0.05) is 146 Å². The molecule has 3 heterocycles. The first-order valence-electron chi connectivity index (χ1n) is 20.0. The van der Waals surface area contributed by atoms with Gasteiger partial charge in [-0.2, -0.15) is 0 Å². The molecule has 274 valence electrons. The Morgan fingerprint density at radius 2 is 1.21 bits per heavy atom. The maximum absolute atomic E-state index is 5.15. The summed E-state index contributed by atoms with van der Waals surface area (Å²) in [6.07, 6.45) is 11.0. The van der Waals surface area contributed by atoms with Gasteiger partial charge in [0.25, 0.3) is 0 Å². The largest absolute Gasteiger partial charge is 0.299 e. The fourth-order valence-corrected chi connectivity index (χ4v) is 8.57. The van der Waals surface area contributed by atoms with Crippen LogP contribution in [0.5, 0.6) is 0 Å². The van der Waals surface area contributed by atoms with Crippen molar-refractivity contribution in [1.29, 1.82) is 0 Å². The van der Waals surface area contributed by atoms with E-state index in [0.717, 1.165) is 91.4 Å². The van der Waals surface area contributed by atoms with Crippen LogP contribution in [0.15, 0.2) is 206 Å². The molecule has 4 heteroatoms.